The van der Waals surface area contributed by atoms with E-state index < -0.39 is 0 Å². The van der Waals surface area contributed by atoms with Gasteiger partial charge in [-0.15, -0.1) is 0 Å². The molecule has 1 aromatic heterocycles. The topological polar surface area (TPSA) is 104 Å². The highest BCUT2D eigenvalue weighted by Crippen LogP contribution is 2.36. The Morgan fingerprint density at radius 2 is 2.06 bits per heavy atom. The lowest BCUT2D eigenvalue weighted by Gasteiger charge is -2.32. The molecule has 1 saturated heterocycles. The number of carbonyl (C=O) groups excluding carboxylic acids is 2. The van der Waals surface area contributed by atoms with Crippen molar-refractivity contribution in [2.24, 2.45) is 5.73 Å². The fraction of sp³-hybridized carbons (Fsp3) is 0.458. The summed E-state index contributed by atoms with van der Waals surface area (Å²) in [5, 5.41) is 3.06. The van der Waals surface area contributed by atoms with Crippen molar-refractivity contribution >= 4 is 23.1 Å². The summed E-state index contributed by atoms with van der Waals surface area (Å²) in [4.78, 5) is 33.6. The molecule has 1 fully saturated rings. The summed E-state index contributed by atoms with van der Waals surface area (Å²) in [5.41, 5.74) is 10.9. The number of carbonyl (C=O) groups is 2. The second-order valence-electron chi connectivity index (χ2n) is 8.51. The maximum Gasteiger partial charge on any atom is 0.291 e. The average Bonchev–Trinajstić information content (AvgIpc) is 3.26. The molecule has 0 radical (unpaired) electrons. The molecule has 2 amide bonds. The third-order valence-electron chi connectivity index (χ3n) is 6.34. The Kier molecular flexibility index (Phi) is 6.51. The molecule has 31 heavy (non-hydrogen) atoms. The van der Waals surface area contributed by atoms with Gasteiger partial charge in [0.1, 0.15) is 0 Å². The van der Waals surface area contributed by atoms with E-state index in [1.54, 1.807) is 6.20 Å². The number of imidazole rings is 1. The van der Waals surface area contributed by atoms with Crippen LogP contribution in [0.2, 0.25) is 0 Å². The lowest BCUT2D eigenvalue weighted by Crippen LogP contribution is -2.41. The number of hydrogen-bond acceptors (Lipinski definition) is 4. The summed E-state index contributed by atoms with van der Waals surface area (Å²) in [7, 11) is 0. The van der Waals surface area contributed by atoms with E-state index in [4.69, 9.17) is 5.73 Å². The van der Waals surface area contributed by atoms with Gasteiger partial charge in [0.25, 0.3) is 5.91 Å². The van der Waals surface area contributed by atoms with Crippen molar-refractivity contribution in [2.45, 2.75) is 51.4 Å². The van der Waals surface area contributed by atoms with Crippen molar-refractivity contribution in [2.75, 3.05) is 25.0 Å². The Morgan fingerprint density at radius 3 is 2.71 bits per heavy atom. The van der Waals surface area contributed by atoms with Crippen molar-refractivity contribution in [3.8, 4) is 0 Å². The van der Waals surface area contributed by atoms with Gasteiger partial charge in [0.05, 0.1) is 6.54 Å². The number of anilines is 1. The maximum absolute atomic E-state index is 12.7. The van der Waals surface area contributed by atoms with E-state index in [0.717, 1.165) is 55.7 Å². The smallest absolute Gasteiger partial charge is 0.291 e. The number of H-pyrrole nitrogens is 1. The summed E-state index contributed by atoms with van der Waals surface area (Å²) < 4.78 is 0. The number of allylic oxidation sites excluding steroid dienone is 2. The Balaban J connectivity index is 1.57. The van der Waals surface area contributed by atoms with Crippen LogP contribution in [0.4, 0.5) is 5.69 Å². The first-order valence-electron chi connectivity index (χ1n) is 11.2. The third kappa shape index (κ3) is 4.88. The zero-order valence-electron chi connectivity index (χ0n) is 18.1. The summed E-state index contributed by atoms with van der Waals surface area (Å²) in [6.45, 7) is 3.44. The number of nitrogens with two attached hydrogens (primary N) is 1. The monoisotopic (exact) mass is 421 g/mol. The van der Waals surface area contributed by atoms with Crippen LogP contribution >= 0.6 is 0 Å². The van der Waals surface area contributed by atoms with E-state index in [1.807, 2.05) is 17.9 Å². The maximum atomic E-state index is 12.7. The molecule has 2 heterocycles. The summed E-state index contributed by atoms with van der Waals surface area (Å²) in [6.07, 6.45) is 10.3. The van der Waals surface area contributed by atoms with Gasteiger partial charge in [-0.25, -0.2) is 4.98 Å². The van der Waals surface area contributed by atoms with Gasteiger partial charge in [0, 0.05) is 36.2 Å². The zero-order valence-corrected chi connectivity index (χ0v) is 18.1. The number of piperidine rings is 1. The minimum absolute atomic E-state index is 0.0257. The van der Waals surface area contributed by atoms with E-state index in [9.17, 15) is 9.59 Å². The molecular formula is C24H31N5O2. The van der Waals surface area contributed by atoms with Crippen molar-refractivity contribution in [1.82, 2.24) is 14.9 Å². The number of nitrogens with zero attached hydrogens (tertiary/aromatic N) is 2. The van der Waals surface area contributed by atoms with Crippen LogP contribution in [0.1, 0.15) is 71.9 Å². The Bertz CT molecular complexity index is 986. The summed E-state index contributed by atoms with van der Waals surface area (Å²) in [5.74, 6) is 0.522. The number of aromatic nitrogens is 2. The SMILES string of the molecule is Cc1cnc(C(=O)Nc2ccc(C3CCN(C(=O)CN)CC3)cc2C2=CCCCC2)[nH]1. The van der Waals surface area contributed by atoms with Crippen LogP contribution < -0.4 is 11.1 Å². The molecule has 2 aliphatic rings. The number of hydrogen-bond donors (Lipinski definition) is 3. The fourth-order valence-electron chi connectivity index (χ4n) is 4.57. The standard InChI is InChI=1S/C24H31N5O2/c1-16-15-26-23(27-16)24(31)28-21-8-7-19(13-20(21)18-5-3-2-4-6-18)17-9-11-29(12-10-17)22(30)14-25/h5,7-8,13,15,17H,2-4,6,9-12,14,25H2,1H3,(H,26,27)(H,28,31). The van der Waals surface area contributed by atoms with Gasteiger partial charge in [-0.1, -0.05) is 12.1 Å². The van der Waals surface area contributed by atoms with E-state index >= 15 is 0 Å². The minimum atomic E-state index is -0.230. The molecule has 0 saturated carbocycles. The van der Waals surface area contributed by atoms with Crippen LogP contribution in [-0.2, 0) is 4.79 Å². The largest absolute Gasteiger partial charge is 0.342 e. The van der Waals surface area contributed by atoms with Crippen LogP contribution in [-0.4, -0.2) is 46.3 Å². The average molecular weight is 422 g/mol. The highest BCUT2D eigenvalue weighted by Gasteiger charge is 2.24. The first-order valence-corrected chi connectivity index (χ1v) is 11.2. The molecule has 1 aromatic carbocycles. The van der Waals surface area contributed by atoms with Gasteiger partial charge in [0.2, 0.25) is 5.91 Å². The molecule has 164 valence electrons. The normalized spacial score (nSPS) is 17.4. The number of benzene rings is 1. The Hall–Kier alpha value is -2.93. The molecule has 0 unspecified atom stereocenters. The van der Waals surface area contributed by atoms with Crippen LogP contribution in [0.15, 0.2) is 30.5 Å². The molecule has 0 bridgehead atoms. The van der Waals surface area contributed by atoms with Gasteiger partial charge < -0.3 is 20.9 Å². The van der Waals surface area contributed by atoms with E-state index in [-0.39, 0.29) is 18.4 Å². The van der Waals surface area contributed by atoms with Crippen LogP contribution in [0.5, 0.6) is 0 Å². The third-order valence-corrected chi connectivity index (χ3v) is 6.34. The van der Waals surface area contributed by atoms with Crippen molar-refractivity contribution < 1.29 is 9.59 Å². The minimum Gasteiger partial charge on any atom is -0.342 e. The first kappa shape index (κ1) is 21.3. The number of amides is 2. The Labute approximate surface area is 183 Å². The van der Waals surface area contributed by atoms with Gasteiger partial charge >= 0.3 is 0 Å². The van der Waals surface area contributed by atoms with Crippen LogP contribution in [0.3, 0.4) is 0 Å². The van der Waals surface area contributed by atoms with Gasteiger partial charge in [0.15, 0.2) is 5.82 Å². The summed E-state index contributed by atoms with van der Waals surface area (Å²) >= 11 is 0. The molecule has 7 nitrogen and oxygen atoms in total. The molecular weight excluding hydrogens is 390 g/mol. The molecule has 4 N–H and O–H groups in total. The van der Waals surface area contributed by atoms with Crippen molar-refractivity contribution in [3.05, 3.63) is 53.1 Å². The molecule has 1 aliphatic heterocycles. The second kappa shape index (κ2) is 9.47. The molecule has 1 aliphatic carbocycles. The van der Waals surface area contributed by atoms with E-state index in [1.165, 1.54) is 24.0 Å². The fourth-order valence-corrected chi connectivity index (χ4v) is 4.57. The van der Waals surface area contributed by atoms with Gasteiger partial charge in [-0.2, -0.15) is 0 Å². The Morgan fingerprint density at radius 1 is 1.26 bits per heavy atom. The number of rotatable bonds is 5. The quantitative estimate of drug-likeness (QED) is 0.686. The highest BCUT2D eigenvalue weighted by molar-refractivity contribution is 6.03. The predicted molar refractivity (Wildman–Crippen MR) is 122 cm³/mol. The van der Waals surface area contributed by atoms with Crippen LogP contribution in [0, 0.1) is 6.92 Å². The lowest BCUT2D eigenvalue weighted by molar-refractivity contribution is -0.130. The highest BCUT2D eigenvalue weighted by atomic mass is 16.2. The molecule has 4 rings (SSSR count). The predicted octanol–water partition coefficient (Wildman–Crippen LogP) is 3.59. The number of nitrogens with one attached hydrogen (secondary N) is 2. The van der Waals surface area contributed by atoms with E-state index in [0.29, 0.717) is 11.7 Å². The van der Waals surface area contributed by atoms with Gasteiger partial charge in [-0.05, 0) is 74.6 Å². The van der Waals surface area contributed by atoms with Crippen LogP contribution in [0.25, 0.3) is 5.57 Å². The molecule has 0 atom stereocenters. The zero-order chi connectivity index (χ0) is 21.8. The number of aromatic amines is 1. The number of aryl methyl sites for hydroxylation is 1. The second-order valence-corrected chi connectivity index (χ2v) is 8.51. The van der Waals surface area contributed by atoms with Crippen molar-refractivity contribution in [3.63, 3.8) is 0 Å². The van der Waals surface area contributed by atoms with Gasteiger partial charge in [-0.3, -0.25) is 9.59 Å². The lowest BCUT2D eigenvalue weighted by atomic mass is 9.85. The first-order chi connectivity index (χ1) is 15.0. The molecule has 2 aromatic rings. The molecule has 0 spiro atoms. The summed E-state index contributed by atoms with van der Waals surface area (Å²) in [6, 6.07) is 6.37. The number of likely N-dealkylation sites (tertiary alicyclic amines) is 1. The van der Waals surface area contributed by atoms with E-state index in [2.05, 4.69) is 33.5 Å². The molecule has 7 heteroatoms. The van der Waals surface area contributed by atoms with Crippen molar-refractivity contribution in [1.29, 1.82) is 0 Å².